The number of ether oxygens (including phenoxy) is 4. The van der Waals surface area contributed by atoms with Gasteiger partial charge in [-0.2, -0.15) is 0 Å². The van der Waals surface area contributed by atoms with Gasteiger partial charge in [-0.05, 0) is 13.8 Å². The maximum Gasteiger partial charge on any atom is 0.186 e. The van der Waals surface area contributed by atoms with Gasteiger partial charge in [0.1, 0.15) is 18.3 Å². The van der Waals surface area contributed by atoms with Crippen LogP contribution < -0.4 is 0 Å². The average molecular weight is 204 g/mol. The zero-order chi connectivity index (χ0) is 10.3. The van der Waals surface area contributed by atoms with E-state index in [9.17, 15) is 5.11 Å². The second-order valence-electron chi connectivity index (χ2n) is 4.06. The Morgan fingerprint density at radius 2 is 2.14 bits per heavy atom. The first-order valence-corrected chi connectivity index (χ1v) is 4.71. The molecule has 0 radical (unpaired) electrons. The van der Waals surface area contributed by atoms with Crippen molar-refractivity contribution >= 4 is 0 Å². The Morgan fingerprint density at radius 3 is 2.79 bits per heavy atom. The second-order valence-corrected chi connectivity index (χ2v) is 4.06. The fourth-order valence-corrected chi connectivity index (χ4v) is 1.82. The molecule has 4 atom stereocenters. The lowest BCUT2D eigenvalue weighted by Crippen LogP contribution is -2.50. The quantitative estimate of drug-likeness (QED) is 0.644. The van der Waals surface area contributed by atoms with Crippen LogP contribution in [-0.4, -0.2) is 49.2 Å². The molecule has 0 aromatic heterocycles. The topological polar surface area (TPSA) is 57.2 Å². The van der Waals surface area contributed by atoms with Crippen molar-refractivity contribution in [2.75, 3.05) is 13.7 Å². The fraction of sp³-hybridized carbons (Fsp3) is 1.00. The van der Waals surface area contributed by atoms with Crippen LogP contribution in [0.5, 0.6) is 0 Å². The van der Waals surface area contributed by atoms with Crippen LogP contribution in [0.1, 0.15) is 13.8 Å². The molecule has 1 N–H and O–H groups in total. The van der Waals surface area contributed by atoms with Crippen molar-refractivity contribution in [2.24, 2.45) is 0 Å². The van der Waals surface area contributed by atoms with E-state index in [0.29, 0.717) is 6.61 Å². The zero-order valence-electron chi connectivity index (χ0n) is 8.60. The van der Waals surface area contributed by atoms with Crippen molar-refractivity contribution in [1.29, 1.82) is 0 Å². The zero-order valence-corrected chi connectivity index (χ0v) is 8.60. The van der Waals surface area contributed by atoms with E-state index in [4.69, 9.17) is 18.9 Å². The lowest BCUT2D eigenvalue weighted by molar-refractivity contribution is -0.300. The van der Waals surface area contributed by atoms with Crippen LogP contribution in [0.2, 0.25) is 0 Å². The molecule has 1 unspecified atom stereocenters. The van der Waals surface area contributed by atoms with Gasteiger partial charge < -0.3 is 24.1 Å². The van der Waals surface area contributed by atoms with Crippen LogP contribution in [0, 0.1) is 0 Å². The molecule has 0 aliphatic carbocycles. The summed E-state index contributed by atoms with van der Waals surface area (Å²) in [4.78, 5) is 0. The van der Waals surface area contributed by atoms with Gasteiger partial charge in [0.25, 0.3) is 0 Å². The van der Waals surface area contributed by atoms with Crippen LogP contribution in [0.15, 0.2) is 0 Å². The maximum atomic E-state index is 9.79. The summed E-state index contributed by atoms with van der Waals surface area (Å²) in [7, 11) is 1.50. The number of fused-ring (bicyclic) bond motifs is 1. The second kappa shape index (κ2) is 3.43. The predicted molar refractivity (Wildman–Crippen MR) is 46.6 cm³/mol. The highest BCUT2D eigenvalue weighted by molar-refractivity contribution is 4.91. The normalized spacial score (nSPS) is 46.3. The minimum absolute atomic E-state index is 0.233. The van der Waals surface area contributed by atoms with Gasteiger partial charge in [0.15, 0.2) is 12.1 Å². The minimum atomic E-state index is -0.742. The molecule has 2 saturated heterocycles. The Kier molecular flexibility index (Phi) is 2.53. The molecule has 2 rings (SSSR count). The van der Waals surface area contributed by atoms with Gasteiger partial charge in [-0.15, -0.1) is 0 Å². The van der Waals surface area contributed by atoms with Crippen molar-refractivity contribution in [3.05, 3.63) is 0 Å². The molecule has 0 amide bonds. The third-order valence-corrected chi connectivity index (χ3v) is 2.54. The average Bonchev–Trinajstić information content (AvgIpc) is 2.42. The summed E-state index contributed by atoms with van der Waals surface area (Å²) >= 11 is 0. The predicted octanol–water partition coefficient (Wildman–Crippen LogP) is -0.130. The van der Waals surface area contributed by atoms with Crippen molar-refractivity contribution in [1.82, 2.24) is 0 Å². The van der Waals surface area contributed by atoms with Crippen molar-refractivity contribution in [3.8, 4) is 0 Å². The standard InChI is InChI=1S/C9H16O5/c1-9(2)12-4-5-7(14-9)6(10)8(11-3)13-5/h5-8,10H,4H2,1-3H3/t5?,6-,7+,8+/m0/s1. The summed E-state index contributed by atoms with van der Waals surface area (Å²) in [6.45, 7) is 4.06. The number of aliphatic hydroxyl groups excluding tert-OH is 1. The third kappa shape index (κ3) is 1.66. The van der Waals surface area contributed by atoms with E-state index in [1.54, 1.807) is 0 Å². The molecule has 2 aliphatic rings. The number of methoxy groups -OCH3 is 1. The van der Waals surface area contributed by atoms with Gasteiger partial charge >= 0.3 is 0 Å². The first kappa shape index (κ1) is 10.3. The summed E-state index contributed by atoms with van der Waals surface area (Å²) in [5.74, 6) is -0.659. The maximum absolute atomic E-state index is 9.79. The van der Waals surface area contributed by atoms with Crippen LogP contribution >= 0.6 is 0 Å². The summed E-state index contributed by atoms with van der Waals surface area (Å²) in [5.41, 5.74) is 0. The molecule has 0 aromatic carbocycles. The van der Waals surface area contributed by atoms with E-state index in [1.807, 2.05) is 13.8 Å². The summed E-state index contributed by atoms with van der Waals surface area (Å²) in [5, 5.41) is 9.79. The van der Waals surface area contributed by atoms with Crippen molar-refractivity contribution < 1.29 is 24.1 Å². The molecule has 0 spiro atoms. The SMILES string of the molecule is CO[C@@H]1OC2COC(C)(C)O[C@H]2[C@@H]1O. The van der Waals surface area contributed by atoms with Crippen LogP contribution in [0.25, 0.3) is 0 Å². The van der Waals surface area contributed by atoms with E-state index >= 15 is 0 Å². The highest BCUT2D eigenvalue weighted by Crippen LogP contribution is 2.33. The Morgan fingerprint density at radius 1 is 1.43 bits per heavy atom. The van der Waals surface area contributed by atoms with E-state index in [0.717, 1.165) is 0 Å². The lowest BCUT2D eigenvalue weighted by atomic mass is 10.1. The van der Waals surface area contributed by atoms with Gasteiger partial charge in [0.2, 0.25) is 0 Å². The van der Waals surface area contributed by atoms with Crippen LogP contribution in [0.3, 0.4) is 0 Å². The minimum Gasteiger partial charge on any atom is -0.385 e. The first-order valence-electron chi connectivity index (χ1n) is 4.71. The van der Waals surface area contributed by atoms with Gasteiger partial charge in [0, 0.05) is 7.11 Å². The Labute approximate surface area is 82.9 Å². The molecule has 2 aliphatic heterocycles. The summed E-state index contributed by atoms with van der Waals surface area (Å²) in [6, 6.07) is 0. The van der Waals surface area contributed by atoms with E-state index in [2.05, 4.69) is 0 Å². The molecular weight excluding hydrogens is 188 g/mol. The number of hydrogen-bond donors (Lipinski definition) is 1. The van der Waals surface area contributed by atoms with Crippen LogP contribution in [0.4, 0.5) is 0 Å². The molecule has 14 heavy (non-hydrogen) atoms. The molecule has 5 heteroatoms. The van der Waals surface area contributed by atoms with Crippen molar-refractivity contribution in [2.45, 2.75) is 44.2 Å². The van der Waals surface area contributed by atoms with Crippen molar-refractivity contribution in [3.63, 3.8) is 0 Å². The highest BCUT2D eigenvalue weighted by Gasteiger charge is 2.50. The molecule has 0 aromatic rings. The Balaban J connectivity index is 2.07. The number of rotatable bonds is 1. The Hall–Kier alpha value is -0.200. The largest absolute Gasteiger partial charge is 0.385 e. The monoisotopic (exact) mass is 204 g/mol. The fourth-order valence-electron chi connectivity index (χ4n) is 1.82. The van der Waals surface area contributed by atoms with Gasteiger partial charge in [0.05, 0.1) is 6.61 Å². The molecule has 2 fully saturated rings. The summed E-state index contributed by atoms with van der Waals surface area (Å²) < 4.78 is 21.3. The molecule has 0 saturated carbocycles. The van der Waals surface area contributed by atoms with Crippen LogP contribution in [-0.2, 0) is 18.9 Å². The molecule has 5 nitrogen and oxygen atoms in total. The smallest absolute Gasteiger partial charge is 0.186 e. The number of aliphatic hydroxyl groups is 1. The lowest BCUT2D eigenvalue weighted by Gasteiger charge is -2.37. The molecular formula is C9H16O5. The summed E-state index contributed by atoms with van der Waals surface area (Å²) in [6.07, 6.45) is -1.94. The first-order chi connectivity index (χ1) is 6.53. The molecule has 2 heterocycles. The van der Waals surface area contributed by atoms with Gasteiger partial charge in [-0.25, -0.2) is 0 Å². The third-order valence-electron chi connectivity index (χ3n) is 2.54. The number of hydrogen-bond acceptors (Lipinski definition) is 5. The van der Waals surface area contributed by atoms with Gasteiger partial charge in [-0.3, -0.25) is 0 Å². The molecule has 0 bridgehead atoms. The van der Waals surface area contributed by atoms with Gasteiger partial charge in [-0.1, -0.05) is 0 Å². The molecule has 82 valence electrons. The van der Waals surface area contributed by atoms with E-state index in [-0.39, 0.29) is 12.2 Å². The van der Waals surface area contributed by atoms with E-state index in [1.165, 1.54) is 7.11 Å². The highest BCUT2D eigenvalue weighted by atomic mass is 16.8. The Bertz CT molecular complexity index is 215. The van der Waals surface area contributed by atoms with E-state index < -0.39 is 18.2 Å².